The van der Waals surface area contributed by atoms with Gasteiger partial charge in [-0.05, 0) is 72.5 Å². The minimum absolute atomic E-state index is 0.0980. The van der Waals surface area contributed by atoms with E-state index in [1.165, 1.54) is 20.8 Å². The van der Waals surface area contributed by atoms with Crippen molar-refractivity contribution in [1.29, 1.82) is 0 Å². The molecule has 0 unspecified atom stereocenters. The lowest BCUT2D eigenvalue weighted by atomic mass is 10.1. The molecule has 2 aromatic carbocycles. The van der Waals surface area contributed by atoms with Crippen LogP contribution >= 0.6 is 10.2 Å². The first kappa shape index (κ1) is 26.2. The SMILES string of the molecule is O=c1[nH]nc2ccc(-c3ccc(S(=O)(=O)N4CCC(Nc5ccc(S(F)(F)(F)(F)F)cc5)CC4)cc3)cn12. The smallest absolute Gasteiger partial charge is 0.347 e. The summed E-state index contributed by atoms with van der Waals surface area (Å²) in [6.45, 7) is 0.344. The van der Waals surface area contributed by atoms with Crippen LogP contribution < -0.4 is 11.0 Å². The Labute approximate surface area is 213 Å². The van der Waals surface area contributed by atoms with Gasteiger partial charge >= 0.3 is 15.9 Å². The number of rotatable bonds is 6. The third kappa shape index (κ3) is 5.26. The average molecular weight is 576 g/mol. The summed E-state index contributed by atoms with van der Waals surface area (Å²) in [7, 11) is -13.5. The van der Waals surface area contributed by atoms with E-state index in [0.29, 0.717) is 41.7 Å². The lowest BCUT2D eigenvalue weighted by molar-refractivity contribution is 0.330. The standard InChI is InChI=1S/C23H22F5N5O3S2/c24-38(25,26,27,28)21-8-4-18(5-9-21)29-19-11-13-32(14-12-19)37(35,36)20-6-1-16(2-7-20)17-3-10-22-30-31-23(34)33(22)15-17/h1-10,15,19,29H,11-14H2,(H,31,34). The summed E-state index contributed by atoms with van der Waals surface area (Å²) in [6, 6.07) is 12.0. The van der Waals surface area contributed by atoms with Crippen LogP contribution in [0.3, 0.4) is 0 Å². The van der Waals surface area contributed by atoms with E-state index in [9.17, 15) is 32.6 Å². The second-order valence-corrected chi connectivity index (χ2v) is 13.4. The van der Waals surface area contributed by atoms with Gasteiger partial charge in [-0.25, -0.2) is 22.7 Å². The first-order valence-electron chi connectivity index (χ1n) is 11.4. The summed E-state index contributed by atoms with van der Waals surface area (Å²) in [5.41, 5.74) is 1.71. The summed E-state index contributed by atoms with van der Waals surface area (Å²) in [6.07, 6.45) is 2.35. The number of aromatic amines is 1. The molecule has 0 aliphatic carbocycles. The Hall–Kier alpha value is -3.43. The zero-order valence-corrected chi connectivity index (χ0v) is 21.2. The van der Waals surface area contributed by atoms with Crippen LogP contribution in [-0.2, 0) is 10.0 Å². The summed E-state index contributed by atoms with van der Waals surface area (Å²) in [5.74, 6) is 0. The Balaban J connectivity index is 1.23. The highest BCUT2D eigenvalue weighted by Crippen LogP contribution is 3.02. The van der Waals surface area contributed by atoms with Gasteiger partial charge in [0.1, 0.15) is 4.90 Å². The van der Waals surface area contributed by atoms with Crippen molar-refractivity contribution in [3.63, 3.8) is 0 Å². The quantitative estimate of drug-likeness (QED) is 0.291. The Bertz CT molecular complexity index is 1660. The number of piperidine rings is 1. The number of pyridine rings is 1. The van der Waals surface area contributed by atoms with E-state index in [2.05, 4.69) is 15.5 Å². The number of sulfonamides is 1. The van der Waals surface area contributed by atoms with Crippen molar-refractivity contribution in [2.75, 3.05) is 18.4 Å². The van der Waals surface area contributed by atoms with E-state index in [-0.39, 0.29) is 35.4 Å². The summed E-state index contributed by atoms with van der Waals surface area (Å²) >= 11 is 0. The molecule has 0 saturated carbocycles. The number of hydrogen-bond donors (Lipinski definition) is 2. The van der Waals surface area contributed by atoms with E-state index in [1.54, 1.807) is 30.5 Å². The summed E-state index contributed by atoms with van der Waals surface area (Å²) in [5, 5.41) is 9.20. The van der Waals surface area contributed by atoms with Gasteiger partial charge < -0.3 is 5.32 Å². The largest absolute Gasteiger partial charge is 0.382 e. The molecule has 0 spiro atoms. The Morgan fingerprint density at radius 2 is 1.47 bits per heavy atom. The second-order valence-electron chi connectivity index (χ2n) is 9.02. The van der Waals surface area contributed by atoms with Crippen LogP contribution in [0, 0.1) is 0 Å². The maximum absolute atomic E-state index is 13.1. The number of fused-ring (bicyclic) bond motifs is 1. The van der Waals surface area contributed by atoms with Crippen molar-refractivity contribution >= 4 is 31.6 Å². The third-order valence-corrected chi connectivity index (χ3v) is 9.44. The van der Waals surface area contributed by atoms with Crippen molar-refractivity contribution in [3.05, 3.63) is 77.3 Å². The van der Waals surface area contributed by atoms with Crippen LogP contribution in [-0.4, -0.2) is 46.5 Å². The predicted molar refractivity (Wildman–Crippen MR) is 134 cm³/mol. The highest BCUT2D eigenvalue weighted by atomic mass is 32.5. The van der Waals surface area contributed by atoms with Crippen LogP contribution in [0.4, 0.5) is 25.1 Å². The molecule has 5 rings (SSSR count). The highest BCUT2D eigenvalue weighted by Gasteiger charge is 2.65. The van der Waals surface area contributed by atoms with E-state index >= 15 is 0 Å². The van der Waals surface area contributed by atoms with E-state index < -0.39 is 25.1 Å². The van der Waals surface area contributed by atoms with Crippen LogP contribution in [0.15, 0.2) is 81.4 Å². The maximum Gasteiger partial charge on any atom is 0.347 e. The van der Waals surface area contributed by atoms with Crippen molar-refractivity contribution in [1.82, 2.24) is 18.9 Å². The van der Waals surface area contributed by atoms with Crippen LogP contribution in [0.25, 0.3) is 16.8 Å². The molecule has 3 heterocycles. The Kier molecular flexibility index (Phi) is 5.71. The van der Waals surface area contributed by atoms with Crippen molar-refractivity contribution < 1.29 is 27.8 Å². The minimum atomic E-state index is -9.73. The van der Waals surface area contributed by atoms with Crippen molar-refractivity contribution in [3.8, 4) is 11.1 Å². The molecule has 0 radical (unpaired) electrons. The molecule has 2 aromatic heterocycles. The number of nitrogens with zero attached hydrogens (tertiary/aromatic N) is 3. The molecule has 0 amide bonds. The molecule has 38 heavy (non-hydrogen) atoms. The van der Waals surface area contributed by atoms with Gasteiger partial charge in [0.2, 0.25) is 10.0 Å². The normalized spacial score (nSPS) is 17.7. The molecule has 15 heteroatoms. The summed E-state index contributed by atoms with van der Waals surface area (Å²) < 4.78 is 93.5. The number of aromatic nitrogens is 3. The van der Waals surface area contributed by atoms with Crippen LogP contribution in [0.2, 0.25) is 0 Å². The number of anilines is 1. The maximum atomic E-state index is 13.1. The van der Waals surface area contributed by atoms with Gasteiger partial charge in [-0.3, -0.25) is 0 Å². The van der Waals surface area contributed by atoms with Crippen LogP contribution in [0.1, 0.15) is 12.8 Å². The van der Waals surface area contributed by atoms with Gasteiger partial charge in [-0.2, -0.15) is 9.40 Å². The lowest BCUT2D eigenvalue weighted by Gasteiger charge is -2.40. The Morgan fingerprint density at radius 3 is 2.08 bits per heavy atom. The molecule has 8 nitrogen and oxygen atoms in total. The van der Waals surface area contributed by atoms with E-state index in [4.69, 9.17) is 0 Å². The first-order chi connectivity index (χ1) is 17.6. The Morgan fingerprint density at radius 1 is 0.868 bits per heavy atom. The first-order valence-corrected chi connectivity index (χ1v) is 14.8. The fourth-order valence-corrected chi connectivity index (χ4v) is 6.45. The van der Waals surface area contributed by atoms with Crippen LogP contribution in [0.5, 0.6) is 0 Å². The molecule has 1 aliphatic heterocycles. The zero-order valence-electron chi connectivity index (χ0n) is 19.5. The number of halogens is 5. The fourth-order valence-electron chi connectivity index (χ4n) is 4.33. The monoisotopic (exact) mass is 575 g/mol. The molecule has 1 aliphatic rings. The zero-order chi connectivity index (χ0) is 27.4. The topological polar surface area (TPSA) is 99.6 Å². The van der Waals surface area contributed by atoms with Gasteiger partial charge in [0.15, 0.2) is 5.65 Å². The molecular weight excluding hydrogens is 553 g/mol. The lowest BCUT2D eigenvalue weighted by Crippen LogP contribution is -2.42. The minimum Gasteiger partial charge on any atom is -0.382 e. The van der Waals surface area contributed by atoms with Gasteiger partial charge in [-0.15, -0.1) is 0 Å². The summed E-state index contributed by atoms with van der Waals surface area (Å²) in [4.78, 5) is 9.95. The highest BCUT2D eigenvalue weighted by molar-refractivity contribution is 8.45. The average Bonchev–Trinajstić information content (AvgIpc) is 3.23. The van der Waals surface area contributed by atoms with Gasteiger partial charge in [0, 0.05) is 31.0 Å². The molecule has 1 fully saturated rings. The second kappa shape index (κ2) is 8.28. The molecular formula is C23H22F5N5O3S2. The molecule has 1 saturated heterocycles. The molecule has 0 bridgehead atoms. The van der Waals surface area contributed by atoms with E-state index in [1.807, 2.05) is 0 Å². The van der Waals surface area contributed by atoms with Crippen molar-refractivity contribution in [2.24, 2.45) is 0 Å². The molecule has 0 atom stereocenters. The number of H-pyrrole nitrogens is 1. The van der Waals surface area contributed by atoms with Gasteiger partial charge in [0.25, 0.3) is 0 Å². The number of hydrogen-bond acceptors (Lipinski definition) is 5. The third-order valence-electron chi connectivity index (χ3n) is 6.36. The predicted octanol–water partition coefficient (Wildman–Crippen LogP) is 5.61. The number of nitrogens with one attached hydrogen (secondary N) is 2. The molecule has 4 aromatic rings. The van der Waals surface area contributed by atoms with E-state index in [0.717, 1.165) is 12.1 Å². The fraction of sp³-hybridized carbons (Fsp3) is 0.217. The molecule has 2 N–H and O–H groups in total. The van der Waals surface area contributed by atoms with Crippen molar-refractivity contribution in [2.45, 2.75) is 28.7 Å². The number of benzene rings is 2. The molecule has 204 valence electrons. The van der Waals surface area contributed by atoms with Gasteiger partial charge in [0.05, 0.1) is 4.90 Å². The van der Waals surface area contributed by atoms with Gasteiger partial charge in [-0.1, -0.05) is 31.6 Å².